The topological polar surface area (TPSA) is 73.8 Å². The van der Waals surface area contributed by atoms with Gasteiger partial charge in [0.2, 0.25) is 10.0 Å². The zero-order chi connectivity index (χ0) is 19.0. The van der Waals surface area contributed by atoms with Gasteiger partial charge in [0, 0.05) is 20.1 Å². The largest absolute Gasteiger partial charge is 0.357 e. The van der Waals surface area contributed by atoms with Gasteiger partial charge < -0.3 is 10.2 Å². The quantitative estimate of drug-likeness (QED) is 0.347. The smallest absolute Gasteiger partial charge is 0.240 e. The van der Waals surface area contributed by atoms with E-state index < -0.39 is 10.0 Å². The standard InChI is InChI=1S/C19H26N4O2S.HI/c1-4-21-19(23(3)15-17-8-6-5-7-9-17)22-14-16-10-12-18(13-11-16)26(24,25)20-2;/h5-13,20H,4,14-15H2,1-3H3,(H,21,22);1H. The molecule has 2 N–H and O–H groups in total. The fourth-order valence-electron chi connectivity index (χ4n) is 2.46. The first-order chi connectivity index (χ1) is 12.5. The Morgan fingerprint density at radius 2 is 1.67 bits per heavy atom. The summed E-state index contributed by atoms with van der Waals surface area (Å²) < 4.78 is 25.9. The van der Waals surface area contributed by atoms with Gasteiger partial charge in [-0.15, -0.1) is 24.0 Å². The van der Waals surface area contributed by atoms with Gasteiger partial charge in [0.15, 0.2) is 5.96 Å². The fourth-order valence-corrected chi connectivity index (χ4v) is 3.19. The minimum Gasteiger partial charge on any atom is -0.357 e. The maximum Gasteiger partial charge on any atom is 0.240 e. The normalized spacial score (nSPS) is 11.6. The number of halogens is 1. The molecule has 0 aliphatic heterocycles. The molecule has 0 amide bonds. The lowest BCUT2D eigenvalue weighted by Gasteiger charge is -2.22. The van der Waals surface area contributed by atoms with Crippen LogP contribution in [0.4, 0.5) is 0 Å². The maximum atomic E-state index is 11.8. The van der Waals surface area contributed by atoms with Crippen molar-refractivity contribution in [3.8, 4) is 0 Å². The van der Waals surface area contributed by atoms with Crippen LogP contribution in [-0.2, 0) is 23.1 Å². The summed E-state index contributed by atoms with van der Waals surface area (Å²) in [4.78, 5) is 6.98. The Hall–Kier alpha value is -1.65. The summed E-state index contributed by atoms with van der Waals surface area (Å²) in [5.74, 6) is 0.809. The highest BCUT2D eigenvalue weighted by Gasteiger charge is 2.10. The zero-order valence-electron chi connectivity index (χ0n) is 15.8. The van der Waals surface area contributed by atoms with Crippen LogP contribution in [0.1, 0.15) is 18.1 Å². The molecule has 2 aromatic rings. The molecule has 0 radical (unpaired) electrons. The Morgan fingerprint density at radius 3 is 2.22 bits per heavy atom. The van der Waals surface area contributed by atoms with E-state index in [9.17, 15) is 8.42 Å². The van der Waals surface area contributed by atoms with Crippen molar-refractivity contribution in [2.45, 2.75) is 24.9 Å². The molecule has 0 saturated carbocycles. The molecule has 148 valence electrons. The lowest BCUT2D eigenvalue weighted by molar-refractivity contribution is 0.477. The number of benzene rings is 2. The molecular formula is C19H27IN4O2S. The number of nitrogens with zero attached hydrogens (tertiary/aromatic N) is 2. The van der Waals surface area contributed by atoms with E-state index in [1.165, 1.54) is 12.6 Å². The number of guanidine groups is 1. The van der Waals surface area contributed by atoms with Gasteiger partial charge in [-0.05, 0) is 37.2 Å². The van der Waals surface area contributed by atoms with Crippen molar-refractivity contribution in [2.24, 2.45) is 4.99 Å². The van der Waals surface area contributed by atoms with Crippen LogP contribution in [0.2, 0.25) is 0 Å². The summed E-state index contributed by atoms with van der Waals surface area (Å²) in [5.41, 5.74) is 2.16. The van der Waals surface area contributed by atoms with E-state index >= 15 is 0 Å². The van der Waals surface area contributed by atoms with Crippen LogP contribution in [0.3, 0.4) is 0 Å². The predicted molar refractivity (Wildman–Crippen MR) is 121 cm³/mol. The van der Waals surface area contributed by atoms with Gasteiger partial charge in [-0.2, -0.15) is 0 Å². The summed E-state index contributed by atoms with van der Waals surface area (Å²) in [6.45, 7) is 4.04. The lowest BCUT2D eigenvalue weighted by Crippen LogP contribution is -2.38. The first kappa shape index (κ1) is 23.4. The molecule has 0 heterocycles. The molecule has 0 spiro atoms. The van der Waals surface area contributed by atoms with Gasteiger partial charge in [-0.3, -0.25) is 0 Å². The predicted octanol–water partition coefficient (Wildman–Crippen LogP) is 2.81. The number of hydrogen-bond acceptors (Lipinski definition) is 3. The van der Waals surface area contributed by atoms with Crippen LogP contribution in [-0.4, -0.2) is 39.9 Å². The molecule has 27 heavy (non-hydrogen) atoms. The Balaban J connectivity index is 0.00000364. The number of hydrogen-bond donors (Lipinski definition) is 2. The van der Waals surface area contributed by atoms with Crippen LogP contribution in [0, 0.1) is 0 Å². The fraction of sp³-hybridized carbons (Fsp3) is 0.316. The molecule has 0 saturated heterocycles. The van der Waals surface area contributed by atoms with Crippen molar-refractivity contribution in [3.63, 3.8) is 0 Å². The lowest BCUT2D eigenvalue weighted by atomic mass is 10.2. The SMILES string of the molecule is CCNC(=NCc1ccc(S(=O)(=O)NC)cc1)N(C)Cc1ccccc1.I. The first-order valence-corrected chi connectivity index (χ1v) is 10.0. The number of rotatable bonds is 7. The molecule has 0 aromatic heterocycles. The maximum absolute atomic E-state index is 11.8. The van der Waals surface area contributed by atoms with Crippen molar-refractivity contribution in [1.82, 2.24) is 14.9 Å². The first-order valence-electron chi connectivity index (χ1n) is 8.52. The van der Waals surface area contributed by atoms with Crippen molar-refractivity contribution in [2.75, 3.05) is 20.6 Å². The molecule has 0 bridgehead atoms. The van der Waals surface area contributed by atoms with E-state index in [2.05, 4.69) is 32.1 Å². The third-order valence-corrected chi connectivity index (χ3v) is 5.30. The average molecular weight is 502 g/mol. The third kappa shape index (κ3) is 7.11. The molecule has 8 heteroatoms. The molecule has 2 aromatic carbocycles. The Bertz CT molecular complexity index is 825. The van der Waals surface area contributed by atoms with Crippen molar-refractivity contribution in [3.05, 3.63) is 65.7 Å². The molecule has 2 rings (SSSR count). The van der Waals surface area contributed by atoms with Crippen LogP contribution in [0.15, 0.2) is 64.5 Å². The highest BCUT2D eigenvalue weighted by atomic mass is 127. The van der Waals surface area contributed by atoms with Crippen molar-refractivity contribution in [1.29, 1.82) is 0 Å². The van der Waals surface area contributed by atoms with E-state index in [1.54, 1.807) is 24.3 Å². The van der Waals surface area contributed by atoms with E-state index in [0.29, 0.717) is 6.54 Å². The number of nitrogens with one attached hydrogen (secondary N) is 2. The summed E-state index contributed by atoms with van der Waals surface area (Å²) >= 11 is 0. The number of aliphatic imine (C=N–C) groups is 1. The van der Waals surface area contributed by atoms with E-state index in [4.69, 9.17) is 0 Å². The molecule has 6 nitrogen and oxygen atoms in total. The van der Waals surface area contributed by atoms with Crippen molar-refractivity contribution >= 4 is 40.0 Å². The van der Waals surface area contributed by atoms with Gasteiger partial charge in [0.25, 0.3) is 0 Å². The Kier molecular flexibility index (Phi) is 9.75. The van der Waals surface area contributed by atoms with Crippen LogP contribution < -0.4 is 10.0 Å². The summed E-state index contributed by atoms with van der Waals surface area (Å²) in [5, 5.41) is 3.29. The van der Waals surface area contributed by atoms with Crippen LogP contribution in [0.25, 0.3) is 0 Å². The van der Waals surface area contributed by atoms with Crippen LogP contribution in [0.5, 0.6) is 0 Å². The Morgan fingerprint density at radius 1 is 1.04 bits per heavy atom. The molecule has 0 unspecified atom stereocenters. The second kappa shape index (κ2) is 11.3. The van der Waals surface area contributed by atoms with Crippen LogP contribution >= 0.6 is 24.0 Å². The highest BCUT2D eigenvalue weighted by Crippen LogP contribution is 2.11. The summed E-state index contributed by atoms with van der Waals surface area (Å²) in [6.07, 6.45) is 0. The van der Waals surface area contributed by atoms with Gasteiger partial charge in [-0.1, -0.05) is 42.5 Å². The molecule has 0 aliphatic carbocycles. The molecule has 0 atom stereocenters. The van der Waals surface area contributed by atoms with E-state index in [-0.39, 0.29) is 28.9 Å². The third-order valence-electron chi connectivity index (χ3n) is 3.87. The molecule has 0 fully saturated rings. The zero-order valence-corrected chi connectivity index (χ0v) is 19.0. The number of sulfonamides is 1. The Labute approximate surface area is 179 Å². The average Bonchev–Trinajstić information content (AvgIpc) is 2.66. The minimum absolute atomic E-state index is 0. The molecular weight excluding hydrogens is 475 g/mol. The van der Waals surface area contributed by atoms with Gasteiger partial charge in [-0.25, -0.2) is 18.1 Å². The minimum atomic E-state index is -3.41. The van der Waals surface area contributed by atoms with Gasteiger partial charge >= 0.3 is 0 Å². The van der Waals surface area contributed by atoms with Gasteiger partial charge in [0.1, 0.15) is 0 Å². The van der Waals surface area contributed by atoms with Crippen molar-refractivity contribution < 1.29 is 8.42 Å². The summed E-state index contributed by atoms with van der Waals surface area (Å²) in [6, 6.07) is 17.0. The monoisotopic (exact) mass is 502 g/mol. The second-order valence-corrected chi connectivity index (χ2v) is 7.75. The second-order valence-electron chi connectivity index (χ2n) is 5.86. The van der Waals surface area contributed by atoms with Gasteiger partial charge in [0.05, 0.1) is 11.4 Å². The van der Waals surface area contributed by atoms with E-state index in [0.717, 1.165) is 24.6 Å². The highest BCUT2D eigenvalue weighted by molar-refractivity contribution is 14.0. The van der Waals surface area contributed by atoms with E-state index in [1.807, 2.05) is 32.2 Å². The summed E-state index contributed by atoms with van der Waals surface area (Å²) in [7, 11) is -0.0106. The molecule has 0 aliphatic rings.